The van der Waals surface area contributed by atoms with Crippen LogP contribution in [-0.2, 0) is 0 Å². The zero-order valence-electron chi connectivity index (χ0n) is 10.5. The topological polar surface area (TPSA) is 89.5 Å². The van der Waals surface area contributed by atoms with E-state index < -0.39 is 4.92 Å². The van der Waals surface area contributed by atoms with Crippen molar-refractivity contribution in [2.75, 3.05) is 19.3 Å². The number of nitrogens with two attached hydrogens (primary N) is 1. The normalized spacial score (nSPS) is 10.1. The third kappa shape index (κ3) is 3.19. The number of nitro benzene ring substituents is 1. The van der Waals surface area contributed by atoms with Crippen LogP contribution in [0.1, 0.15) is 30.1 Å². The summed E-state index contributed by atoms with van der Waals surface area (Å²) in [5.74, 6) is -0.230. The van der Waals surface area contributed by atoms with E-state index in [0.717, 1.165) is 12.8 Å². The second-order valence-corrected chi connectivity index (χ2v) is 4.11. The van der Waals surface area contributed by atoms with Gasteiger partial charge in [0.2, 0.25) is 0 Å². The van der Waals surface area contributed by atoms with Crippen LogP contribution in [0.4, 0.5) is 11.4 Å². The molecule has 1 aromatic carbocycles. The molecule has 0 unspecified atom stereocenters. The molecule has 0 aromatic heterocycles. The smallest absolute Gasteiger partial charge is 0.292 e. The first kappa shape index (κ1) is 14.0. The quantitative estimate of drug-likeness (QED) is 0.492. The van der Waals surface area contributed by atoms with Crippen LogP contribution < -0.4 is 5.73 Å². The number of anilines is 1. The summed E-state index contributed by atoms with van der Waals surface area (Å²) in [6.07, 6.45) is 1.89. The minimum absolute atomic E-state index is 0.0627. The summed E-state index contributed by atoms with van der Waals surface area (Å²) in [4.78, 5) is 23.7. The fourth-order valence-corrected chi connectivity index (χ4v) is 1.55. The third-order valence-corrected chi connectivity index (χ3v) is 2.67. The molecule has 0 aliphatic carbocycles. The number of carbonyl (C=O) groups excluding carboxylic acids is 1. The van der Waals surface area contributed by atoms with Crippen molar-refractivity contribution < 1.29 is 9.72 Å². The van der Waals surface area contributed by atoms with Crippen molar-refractivity contribution in [1.82, 2.24) is 4.90 Å². The highest BCUT2D eigenvalue weighted by atomic mass is 16.6. The summed E-state index contributed by atoms with van der Waals surface area (Å²) in [6, 6.07) is 4.12. The lowest BCUT2D eigenvalue weighted by Crippen LogP contribution is -2.27. The van der Waals surface area contributed by atoms with Gasteiger partial charge in [-0.2, -0.15) is 0 Å². The van der Waals surface area contributed by atoms with Gasteiger partial charge in [-0.25, -0.2) is 0 Å². The van der Waals surface area contributed by atoms with Gasteiger partial charge in [0.1, 0.15) is 5.69 Å². The molecular formula is C12H17N3O3. The van der Waals surface area contributed by atoms with Crippen LogP contribution in [0.2, 0.25) is 0 Å². The molecule has 0 atom stereocenters. The Kier molecular flexibility index (Phi) is 4.65. The molecule has 0 saturated carbocycles. The molecule has 1 rings (SSSR count). The predicted molar refractivity (Wildman–Crippen MR) is 69.4 cm³/mol. The first-order valence-electron chi connectivity index (χ1n) is 5.76. The Morgan fingerprint density at radius 1 is 1.50 bits per heavy atom. The molecule has 0 heterocycles. The Labute approximate surface area is 106 Å². The van der Waals surface area contributed by atoms with Gasteiger partial charge in [-0.1, -0.05) is 13.3 Å². The lowest BCUT2D eigenvalue weighted by molar-refractivity contribution is -0.383. The lowest BCUT2D eigenvalue weighted by Gasteiger charge is -2.16. The summed E-state index contributed by atoms with van der Waals surface area (Å²) in [5, 5.41) is 10.7. The van der Waals surface area contributed by atoms with Crippen LogP contribution in [-0.4, -0.2) is 29.3 Å². The average Bonchev–Trinajstić information content (AvgIpc) is 2.35. The second kappa shape index (κ2) is 6.00. The highest BCUT2D eigenvalue weighted by molar-refractivity contribution is 5.95. The Morgan fingerprint density at radius 3 is 2.72 bits per heavy atom. The minimum atomic E-state index is -0.585. The first-order valence-corrected chi connectivity index (χ1v) is 5.76. The van der Waals surface area contributed by atoms with Gasteiger partial charge in [0.15, 0.2) is 0 Å². The van der Waals surface area contributed by atoms with E-state index in [1.807, 2.05) is 6.92 Å². The van der Waals surface area contributed by atoms with Crippen molar-refractivity contribution >= 4 is 17.3 Å². The van der Waals surface area contributed by atoms with Crippen LogP contribution in [0.25, 0.3) is 0 Å². The van der Waals surface area contributed by atoms with E-state index in [1.54, 1.807) is 11.9 Å². The Hall–Kier alpha value is -2.11. The monoisotopic (exact) mass is 251 g/mol. The van der Waals surface area contributed by atoms with Crippen LogP contribution in [0.15, 0.2) is 18.2 Å². The van der Waals surface area contributed by atoms with Crippen molar-refractivity contribution in [3.8, 4) is 0 Å². The Bertz CT molecular complexity index is 460. The molecule has 98 valence electrons. The molecule has 2 N–H and O–H groups in total. The highest BCUT2D eigenvalue weighted by Gasteiger charge is 2.17. The number of unbranched alkanes of at least 4 members (excludes halogenated alkanes) is 1. The number of carbonyl (C=O) groups is 1. The molecule has 0 saturated heterocycles. The SMILES string of the molecule is CCCCN(C)C(=O)c1ccc(N)c([N+](=O)[O-])c1. The summed E-state index contributed by atoms with van der Waals surface area (Å²) >= 11 is 0. The molecule has 18 heavy (non-hydrogen) atoms. The van der Waals surface area contributed by atoms with E-state index >= 15 is 0 Å². The maximum Gasteiger partial charge on any atom is 0.292 e. The van der Waals surface area contributed by atoms with Crippen molar-refractivity contribution in [2.24, 2.45) is 0 Å². The summed E-state index contributed by atoms with van der Waals surface area (Å²) in [7, 11) is 1.68. The number of rotatable bonds is 5. The van der Waals surface area contributed by atoms with Crippen molar-refractivity contribution in [1.29, 1.82) is 0 Å². The predicted octanol–water partition coefficient (Wildman–Crippen LogP) is 2.05. The largest absolute Gasteiger partial charge is 0.393 e. The molecule has 1 aromatic rings. The van der Waals surface area contributed by atoms with Crippen LogP contribution in [0, 0.1) is 10.1 Å². The molecule has 0 bridgehead atoms. The number of amides is 1. The van der Waals surface area contributed by atoms with Crippen LogP contribution in [0.3, 0.4) is 0 Å². The van der Waals surface area contributed by atoms with E-state index in [-0.39, 0.29) is 22.8 Å². The maximum atomic E-state index is 12.0. The zero-order chi connectivity index (χ0) is 13.7. The van der Waals surface area contributed by atoms with E-state index in [9.17, 15) is 14.9 Å². The molecular weight excluding hydrogens is 234 g/mol. The molecule has 6 nitrogen and oxygen atoms in total. The zero-order valence-corrected chi connectivity index (χ0v) is 10.5. The average molecular weight is 251 g/mol. The Balaban J connectivity index is 2.93. The molecule has 0 fully saturated rings. The van der Waals surface area contributed by atoms with Crippen LogP contribution in [0.5, 0.6) is 0 Å². The Morgan fingerprint density at radius 2 is 2.17 bits per heavy atom. The van der Waals surface area contributed by atoms with Crippen molar-refractivity contribution in [2.45, 2.75) is 19.8 Å². The first-order chi connectivity index (χ1) is 8.47. The summed E-state index contributed by atoms with van der Waals surface area (Å²) in [6.45, 7) is 2.67. The van der Waals surface area contributed by atoms with Gasteiger partial charge in [-0.15, -0.1) is 0 Å². The van der Waals surface area contributed by atoms with Gasteiger partial charge in [-0.05, 0) is 18.6 Å². The third-order valence-electron chi connectivity index (χ3n) is 2.67. The van der Waals surface area contributed by atoms with Gasteiger partial charge >= 0.3 is 0 Å². The molecule has 1 amide bonds. The molecule has 0 spiro atoms. The van der Waals surface area contributed by atoms with Gasteiger partial charge in [0.05, 0.1) is 4.92 Å². The number of benzene rings is 1. The number of nitro groups is 1. The van der Waals surface area contributed by atoms with Gasteiger partial charge in [0, 0.05) is 25.2 Å². The highest BCUT2D eigenvalue weighted by Crippen LogP contribution is 2.22. The molecule has 0 aliphatic heterocycles. The second-order valence-electron chi connectivity index (χ2n) is 4.11. The van der Waals surface area contributed by atoms with Crippen molar-refractivity contribution in [3.05, 3.63) is 33.9 Å². The van der Waals surface area contributed by atoms with Gasteiger partial charge in [-0.3, -0.25) is 14.9 Å². The van der Waals surface area contributed by atoms with E-state index in [1.165, 1.54) is 18.2 Å². The van der Waals surface area contributed by atoms with E-state index in [2.05, 4.69) is 0 Å². The standard InChI is InChI=1S/C12H17N3O3/c1-3-4-7-14(2)12(16)9-5-6-10(13)11(8-9)15(17)18/h5-6,8H,3-4,7,13H2,1-2H3. The fraction of sp³-hybridized carbons (Fsp3) is 0.417. The molecule has 6 heteroatoms. The molecule has 0 aliphatic rings. The van der Waals surface area contributed by atoms with Gasteiger partial charge < -0.3 is 10.6 Å². The number of hydrogen-bond acceptors (Lipinski definition) is 4. The maximum absolute atomic E-state index is 12.0. The van der Waals surface area contributed by atoms with E-state index in [0.29, 0.717) is 6.54 Å². The summed E-state index contributed by atoms with van der Waals surface area (Å²) < 4.78 is 0. The fourth-order valence-electron chi connectivity index (χ4n) is 1.55. The lowest BCUT2D eigenvalue weighted by atomic mass is 10.1. The number of nitrogen functional groups attached to an aromatic ring is 1. The van der Waals surface area contributed by atoms with Gasteiger partial charge in [0.25, 0.3) is 11.6 Å². The molecule has 0 radical (unpaired) electrons. The summed E-state index contributed by atoms with van der Waals surface area (Å²) in [5.41, 5.74) is 5.60. The van der Waals surface area contributed by atoms with Crippen molar-refractivity contribution in [3.63, 3.8) is 0 Å². The van der Waals surface area contributed by atoms with Crippen LogP contribution >= 0.6 is 0 Å². The number of hydrogen-bond donors (Lipinski definition) is 1. The minimum Gasteiger partial charge on any atom is -0.393 e. The number of nitrogens with zero attached hydrogens (tertiary/aromatic N) is 2. The van der Waals surface area contributed by atoms with E-state index in [4.69, 9.17) is 5.73 Å².